The van der Waals surface area contributed by atoms with Crippen LogP contribution in [-0.4, -0.2) is 5.78 Å². The Kier molecular flexibility index (Phi) is 3.02. The monoisotopic (exact) mass is 192 g/mol. The maximum atomic E-state index is 11.5. The van der Waals surface area contributed by atoms with Gasteiger partial charge in [0.2, 0.25) is 0 Å². The Labute approximate surface area is 84.3 Å². The van der Waals surface area contributed by atoms with Gasteiger partial charge in [0, 0.05) is 18.8 Å². The largest absolute Gasteiger partial charge is 0.469 e. The van der Waals surface area contributed by atoms with Crippen LogP contribution in [0, 0.1) is 5.92 Å². The average Bonchev–Trinajstić information content (AvgIpc) is 2.69. The highest BCUT2D eigenvalue weighted by Crippen LogP contribution is 2.24. The summed E-state index contributed by atoms with van der Waals surface area (Å²) in [6.45, 7) is 0. The van der Waals surface area contributed by atoms with Gasteiger partial charge in [-0.2, -0.15) is 0 Å². The lowest BCUT2D eigenvalue weighted by Gasteiger charge is -2.19. The first-order valence-corrected chi connectivity index (χ1v) is 5.41. The number of carbonyl (C=O) groups excluding carboxylic acids is 1. The Morgan fingerprint density at radius 2 is 2.36 bits per heavy atom. The first kappa shape index (κ1) is 9.50. The molecule has 0 aromatic carbocycles. The van der Waals surface area contributed by atoms with Gasteiger partial charge in [-0.25, -0.2) is 0 Å². The molecule has 2 rings (SSSR count). The van der Waals surface area contributed by atoms with Crippen LogP contribution in [0.5, 0.6) is 0 Å². The molecular formula is C12H16O2. The minimum Gasteiger partial charge on any atom is -0.469 e. The Balaban J connectivity index is 1.82. The highest BCUT2D eigenvalue weighted by atomic mass is 16.3. The van der Waals surface area contributed by atoms with Crippen molar-refractivity contribution < 1.29 is 9.21 Å². The molecule has 0 radical (unpaired) electrons. The predicted octanol–water partition coefficient (Wildman–Crippen LogP) is 2.97. The van der Waals surface area contributed by atoms with Crippen LogP contribution < -0.4 is 0 Å². The molecule has 1 aromatic rings. The SMILES string of the molecule is O=C1CCCCC1CCc1ccco1. The summed E-state index contributed by atoms with van der Waals surface area (Å²) in [4.78, 5) is 11.5. The Bertz CT molecular complexity index is 287. The van der Waals surface area contributed by atoms with Crippen LogP contribution in [0.15, 0.2) is 22.8 Å². The first-order chi connectivity index (χ1) is 6.86. The molecule has 14 heavy (non-hydrogen) atoms. The number of furan rings is 1. The lowest BCUT2D eigenvalue weighted by atomic mass is 9.85. The summed E-state index contributed by atoms with van der Waals surface area (Å²) < 4.78 is 5.25. The summed E-state index contributed by atoms with van der Waals surface area (Å²) in [6.07, 6.45) is 7.75. The molecule has 1 aromatic heterocycles. The Morgan fingerprint density at radius 1 is 1.43 bits per heavy atom. The molecule has 0 bridgehead atoms. The number of hydrogen-bond donors (Lipinski definition) is 0. The second-order valence-corrected chi connectivity index (χ2v) is 4.03. The van der Waals surface area contributed by atoms with Crippen molar-refractivity contribution in [3.8, 4) is 0 Å². The van der Waals surface area contributed by atoms with Crippen molar-refractivity contribution in [3.05, 3.63) is 24.2 Å². The second-order valence-electron chi connectivity index (χ2n) is 4.03. The summed E-state index contributed by atoms with van der Waals surface area (Å²) in [5.41, 5.74) is 0. The molecule has 2 heteroatoms. The van der Waals surface area contributed by atoms with Crippen molar-refractivity contribution in [3.63, 3.8) is 0 Å². The summed E-state index contributed by atoms with van der Waals surface area (Å²) in [6, 6.07) is 3.88. The van der Waals surface area contributed by atoms with E-state index >= 15 is 0 Å². The minimum absolute atomic E-state index is 0.300. The van der Waals surface area contributed by atoms with Crippen LogP contribution in [0.25, 0.3) is 0 Å². The van der Waals surface area contributed by atoms with Crippen LogP contribution in [0.3, 0.4) is 0 Å². The van der Waals surface area contributed by atoms with E-state index in [1.165, 1.54) is 6.42 Å². The van der Waals surface area contributed by atoms with Crippen LogP contribution >= 0.6 is 0 Å². The van der Waals surface area contributed by atoms with Gasteiger partial charge in [0.05, 0.1) is 6.26 Å². The molecule has 1 heterocycles. The molecule has 0 amide bonds. The molecule has 1 aliphatic carbocycles. The molecule has 2 nitrogen and oxygen atoms in total. The third-order valence-corrected chi connectivity index (χ3v) is 3.00. The van der Waals surface area contributed by atoms with Gasteiger partial charge < -0.3 is 4.42 Å². The van der Waals surface area contributed by atoms with E-state index in [0.717, 1.165) is 37.9 Å². The second kappa shape index (κ2) is 4.45. The van der Waals surface area contributed by atoms with E-state index in [2.05, 4.69) is 0 Å². The average molecular weight is 192 g/mol. The molecule has 0 N–H and O–H groups in total. The maximum Gasteiger partial charge on any atom is 0.135 e. The Morgan fingerprint density at radius 3 is 3.07 bits per heavy atom. The predicted molar refractivity (Wildman–Crippen MR) is 54.0 cm³/mol. The smallest absolute Gasteiger partial charge is 0.135 e. The summed E-state index contributed by atoms with van der Waals surface area (Å²) in [5, 5.41) is 0. The molecule has 0 aliphatic heterocycles. The standard InChI is InChI=1S/C12H16O2/c13-12-6-2-1-4-10(12)7-8-11-5-3-9-14-11/h3,5,9-10H,1-2,4,6-8H2. The van der Waals surface area contributed by atoms with Crippen molar-refractivity contribution in [2.24, 2.45) is 5.92 Å². The van der Waals surface area contributed by atoms with Crippen molar-refractivity contribution in [2.75, 3.05) is 0 Å². The van der Waals surface area contributed by atoms with Crippen molar-refractivity contribution in [1.82, 2.24) is 0 Å². The van der Waals surface area contributed by atoms with Crippen LogP contribution in [0.4, 0.5) is 0 Å². The third kappa shape index (κ3) is 2.25. The highest BCUT2D eigenvalue weighted by Gasteiger charge is 2.21. The molecule has 1 aliphatic rings. The minimum atomic E-state index is 0.300. The van der Waals surface area contributed by atoms with Crippen LogP contribution in [0.2, 0.25) is 0 Å². The van der Waals surface area contributed by atoms with Gasteiger partial charge in [0.25, 0.3) is 0 Å². The molecule has 1 unspecified atom stereocenters. The van der Waals surface area contributed by atoms with Crippen molar-refractivity contribution in [2.45, 2.75) is 38.5 Å². The molecule has 0 spiro atoms. The van der Waals surface area contributed by atoms with E-state index in [1.54, 1.807) is 6.26 Å². The third-order valence-electron chi connectivity index (χ3n) is 3.00. The fraction of sp³-hybridized carbons (Fsp3) is 0.583. The van der Waals surface area contributed by atoms with Gasteiger partial charge in [0.1, 0.15) is 11.5 Å². The number of hydrogen-bond acceptors (Lipinski definition) is 2. The topological polar surface area (TPSA) is 30.2 Å². The van der Waals surface area contributed by atoms with E-state index in [0.29, 0.717) is 11.7 Å². The zero-order valence-electron chi connectivity index (χ0n) is 8.37. The summed E-state index contributed by atoms with van der Waals surface area (Å²) in [7, 11) is 0. The zero-order chi connectivity index (χ0) is 9.80. The van der Waals surface area contributed by atoms with E-state index in [-0.39, 0.29) is 0 Å². The van der Waals surface area contributed by atoms with Gasteiger partial charge >= 0.3 is 0 Å². The zero-order valence-corrected chi connectivity index (χ0v) is 8.37. The van der Waals surface area contributed by atoms with Crippen molar-refractivity contribution >= 4 is 5.78 Å². The number of rotatable bonds is 3. The van der Waals surface area contributed by atoms with E-state index in [4.69, 9.17) is 4.42 Å². The fourth-order valence-corrected chi connectivity index (χ4v) is 2.13. The Hall–Kier alpha value is -1.05. The number of Topliss-reactive ketones (excluding diaryl/α,β-unsaturated/α-hetero) is 1. The lowest BCUT2D eigenvalue weighted by Crippen LogP contribution is -2.19. The van der Waals surface area contributed by atoms with E-state index in [9.17, 15) is 4.79 Å². The number of carbonyl (C=O) groups is 1. The van der Waals surface area contributed by atoms with E-state index < -0.39 is 0 Å². The number of ketones is 1. The van der Waals surface area contributed by atoms with Crippen LogP contribution in [0.1, 0.15) is 37.9 Å². The van der Waals surface area contributed by atoms with Gasteiger partial charge in [0.15, 0.2) is 0 Å². The quantitative estimate of drug-likeness (QED) is 0.737. The maximum absolute atomic E-state index is 11.5. The molecule has 0 saturated heterocycles. The molecular weight excluding hydrogens is 176 g/mol. The molecule has 76 valence electrons. The van der Waals surface area contributed by atoms with Gasteiger partial charge in [-0.15, -0.1) is 0 Å². The van der Waals surface area contributed by atoms with Crippen molar-refractivity contribution in [1.29, 1.82) is 0 Å². The number of aryl methyl sites for hydroxylation is 1. The van der Waals surface area contributed by atoms with Gasteiger partial charge in [-0.3, -0.25) is 4.79 Å². The first-order valence-electron chi connectivity index (χ1n) is 5.41. The van der Waals surface area contributed by atoms with E-state index in [1.807, 2.05) is 12.1 Å². The molecule has 1 atom stereocenters. The highest BCUT2D eigenvalue weighted by molar-refractivity contribution is 5.81. The van der Waals surface area contributed by atoms with Gasteiger partial charge in [-0.1, -0.05) is 6.42 Å². The normalized spacial score (nSPS) is 22.6. The lowest BCUT2D eigenvalue weighted by molar-refractivity contribution is -0.124. The molecule has 1 fully saturated rings. The van der Waals surface area contributed by atoms with Crippen LogP contribution in [-0.2, 0) is 11.2 Å². The van der Waals surface area contributed by atoms with Gasteiger partial charge in [-0.05, 0) is 31.4 Å². The summed E-state index contributed by atoms with van der Waals surface area (Å²) >= 11 is 0. The molecule has 1 saturated carbocycles. The summed E-state index contributed by atoms with van der Waals surface area (Å²) in [5.74, 6) is 1.76. The fourth-order valence-electron chi connectivity index (χ4n) is 2.13.